The molecule has 0 fully saturated rings. The highest BCUT2D eigenvalue weighted by Gasteiger charge is 2.19. The molecule has 1 heterocycles. The summed E-state index contributed by atoms with van der Waals surface area (Å²) in [7, 11) is 3.23. The van der Waals surface area contributed by atoms with Crippen LogP contribution in [0.3, 0.4) is 0 Å². The molecule has 0 radical (unpaired) electrons. The first-order valence-corrected chi connectivity index (χ1v) is 6.53. The third kappa shape index (κ3) is 2.71. The zero-order valence-corrected chi connectivity index (χ0v) is 12.3. The molecule has 2 aromatic rings. The molecule has 0 spiro atoms. The Labute approximate surface area is 118 Å². The first-order chi connectivity index (χ1) is 9.56. The summed E-state index contributed by atoms with van der Waals surface area (Å²) in [5, 5.41) is 4.08. The summed E-state index contributed by atoms with van der Waals surface area (Å²) in [6.07, 6.45) is 0.805. The predicted octanol–water partition coefficient (Wildman–Crippen LogP) is 3.14. The molecule has 0 aliphatic heterocycles. The Morgan fingerprint density at radius 2 is 2.00 bits per heavy atom. The number of hydrogen-bond donors (Lipinski definition) is 1. The molecule has 20 heavy (non-hydrogen) atoms. The smallest absolute Gasteiger partial charge is 0.225 e. The fourth-order valence-corrected chi connectivity index (χ4v) is 2.13. The molecular weight excluding hydrogens is 256 g/mol. The molecule has 0 unspecified atom stereocenters. The lowest BCUT2D eigenvalue weighted by molar-refractivity contribution is 0.394. The molecule has 0 saturated carbocycles. The van der Waals surface area contributed by atoms with Gasteiger partial charge in [0.2, 0.25) is 5.88 Å². The second-order valence-electron chi connectivity index (χ2n) is 5.04. The number of methoxy groups -OCH3 is 2. The van der Waals surface area contributed by atoms with Crippen molar-refractivity contribution in [3.05, 3.63) is 23.8 Å². The molecule has 5 heteroatoms. The number of hydrogen-bond acceptors (Lipinski definition) is 5. The van der Waals surface area contributed by atoms with Gasteiger partial charge in [0, 0.05) is 17.2 Å². The van der Waals surface area contributed by atoms with Gasteiger partial charge in [-0.05, 0) is 24.5 Å². The van der Waals surface area contributed by atoms with Crippen LogP contribution in [-0.2, 0) is 6.42 Å². The lowest BCUT2D eigenvalue weighted by Gasteiger charge is -2.10. The van der Waals surface area contributed by atoms with Crippen LogP contribution in [-0.4, -0.2) is 19.4 Å². The molecule has 0 aliphatic carbocycles. The molecule has 2 rings (SSSR count). The zero-order valence-electron chi connectivity index (χ0n) is 12.3. The standard InChI is InChI=1S/C15H20N2O3/c1-9(2)7-12-14(17-20-15(12)16)11-6-5-10(18-3)8-13(11)19-4/h5-6,8-9H,7,16H2,1-4H3. The Hall–Kier alpha value is -2.17. The molecule has 0 aliphatic rings. The third-order valence-electron chi connectivity index (χ3n) is 3.09. The predicted molar refractivity (Wildman–Crippen MR) is 78.0 cm³/mol. The van der Waals surface area contributed by atoms with Gasteiger partial charge in [-0.3, -0.25) is 0 Å². The van der Waals surface area contributed by atoms with Crippen LogP contribution < -0.4 is 15.2 Å². The van der Waals surface area contributed by atoms with Crippen LogP contribution >= 0.6 is 0 Å². The van der Waals surface area contributed by atoms with Crippen LogP contribution in [0.15, 0.2) is 22.7 Å². The number of ether oxygens (including phenoxy) is 2. The summed E-state index contributed by atoms with van der Waals surface area (Å²) >= 11 is 0. The molecule has 1 aromatic heterocycles. The molecule has 108 valence electrons. The monoisotopic (exact) mass is 276 g/mol. The van der Waals surface area contributed by atoms with E-state index in [0.29, 0.717) is 17.6 Å². The van der Waals surface area contributed by atoms with Crippen molar-refractivity contribution < 1.29 is 14.0 Å². The van der Waals surface area contributed by atoms with Gasteiger partial charge < -0.3 is 19.7 Å². The van der Waals surface area contributed by atoms with Crippen molar-refractivity contribution >= 4 is 5.88 Å². The Morgan fingerprint density at radius 3 is 2.60 bits per heavy atom. The van der Waals surface area contributed by atoms with Crippen molar-refractivity contribution in [3.63, 3.8) is 0 Å². The minimum absolute atomic E-state index is 0.367. The molecular formula is C15H20N2O3. The fourth-order valence-electron chi connectivity index (χ4n) is 2.13. The minimum atomic E-state index is 0.367. The van der Waals surface area contributed by atoms with Crippen molar-refractivity contribution in [1.82, 2.24) is 5.16 Å². The topological polar surface area (TPSA) is 70.5 Å². The number of anilines is 1. The first kappa shape index (κ1) is 14.2. The number of nitrogens with zero attached hydrogens (tertiary/aromatic N) is 1. The van der Waals surface area contributed by atoms with E-state index in [0.717, 1.165) is 29.0 Å². The quantitative estimate of drug-likeness (QED) is 0.908. The number of nitrogen functional groups attached to an aromatic ring is 1. The Balaban J connectivity index is 2.51. The SMILES string of the molecule is COc1ccc(-c2noc(N)c2CC(C)C)c(OC)c1. The van der Waals surface area contributed by atoms with Crippen molar-refractivity contribution in [1.29, 1.82) is 0 Å². The maximum absolute atomic E-state index is 5.88. The van der Waals surface area contributed by atoms with Gasteiger partial charge in [-0.2, -0.15) is 0 Å². The van der Waals surface area contributed by atoms with E-state index in [1.165, 1.54) is 0 Å². The van der Waals surface area contributed by atoms with Crippen molar-refractivity contribution in [2.45, 2.75) is 20.3 Å². The van der Waals surface area contributed by atoms with Crippen molar-refractivity contribution in [2.75, 3.05) is 20.0 Å². The molecule has 1 aromatic carbocycles. The van der Waals surface area contributed by atoms with E-state index in [9.17, 15) is 0 Å². The number of benzene rings is 1. The summed E-state index contributed by atoms with van der Waals surface area (Å²) < 4.78 is 15.8. The molecule has 0 bridgehead atoms. The van der Waals surface area contributed by atoms with Gasteiger partial charge >= 0.3 is 0 Å². The van der Waals surface area contributed by atoms with E-state index in [-0.39, 0.29) is 0 Å². The van der Waals surface area contributed by atoms with Crippen LogP contribution in [0.2, 0.25) is 0 Å². The molecule has 0 amide bonds. The Morgan fingerprint density at radius 1 is 1.25 bits per heavy atom. The fraction of sp³-hybridized carbons (Fsp3) is 0.400. The second kappa shape index (κ2) is 5.86. The molecule has 0 atom stereocenters. The van der Waals surface area contributed by atoms with Gasteiger partial charge in [-0.1, -0.05) is 19.0 Å². The van der Waals surface area contributed by atoms with Crippen LogP contribution in [0, 0.1) is 5.92 Å². The summed E-state index contributed by atoms with van der Waals surface area (Å²) in [4.78, 5) is 0. The molecule has 0 saturated heterocycles. The van der Waals surface area contributed by atoms with E-state index in [4.69, 9.17) is 19.7 Å². The highest BCUT2D eigenvalue weighted by Crippen LogP contribution is 2.37. The van der Waals surface area contributed by atoms with Gasteiger partial charge in [-0.15, -0.1) is 0 Å². The minimum Gasteiger partial charge on any atom is -0.497 e. The van der Waals surface area contributed by atoms with E-state index in [1.807, 2.05) is 18.2 Å². The number of aromatic nitrogens is 1. The van der Waals surface area contributed by atoms with Gasteiger partial charge in [-0.25, -0.2) is 0 Å². The maximum Gasteiger partial charge on any atom is 0.225 e. The van der Waals surface area contributed by atoms with Crippen LogP contribution in [0.4, 0.5) is 5.88 Å². The Bertz CT molecular complexity index is 591. The average molecular weight is 276 g/mol. The van der Waals surface area contributed by atoms with E-state index in [1.54, 1.807) is 14.2 Å². The van der Waals surface area contributed by atoms with E-state index >= 15 is 0 Å². The van der Waals surface area contributed by atoms with E-state index in [2.05, 4.69) is 19.0 Å². The first-order valence-electron chi connectivity index (χ1n) is 6.53. The van der Waals surface area contributed by atoms with Crippen LogP contribution in [0.5, 0.6) is 11.5 Å². The summed E-state index contributed by atoms with van der Waals surface area (Å²) in [6.45, 7) is 4.25. The lowest BCUT2D eigenvalue weighted by atomic mass is 9.98. The lowest BCUT2D eigenvalue weighted by Crippen LogP contribution is -1.99. The summed E-state index contributed by atoms with van der Waals surface area (Å²) in [5.74, 6) is 2.24. The highest BCUT2D eigenvalue weighted by molar-refractivity contribution is 5.73. The number of rotatable bonds is 5. The molecule has 2 N–H and O–H groups in total. The van der Waals surface area contributed by atoms with Gasteiger partial charge in [0.25, 0.3) is 0 Å². The van der Waals surface area contributed by atoms with Gasteiger partial charge in [0.15, 0.2) is 0 Å². The van der Waals surface area contributed by atoms with Gasteiger partial charge in [0.05, 0.1) is 14.2 Å². The summed E-state index contributed by atoms with van der Waals surface area (Å²) in [5.41, 5.74) is 8.38. The van der Waals surface area contributed by atoms with Crippen molar-refractivity contribution in [2.24, 2.45) is 5.92 Å². The largest absolute Gasteiger partial charge is 0.497 e. The van der Waals surface area contributed by atoms with Crippen LogP contribution in [0.1, 0.15) is 19.4 Å². The second-order valence-corrected chi connectivity index (χ2v) is 5.04. The average Bonchev–Trinajstić information content (AvgIpc) is 2.79. The van der Waals surface area contributed by atoms with Crippen LogP contribution in [0.25, 0.3) is 11.3 Å². The summed E-state index contributed by atoms with van der Waals surface area (Å²) in [6, 6.07) is 5.58. The molecule has 5 nitrogen and oxygen atoms in total. The third-order valence-corrected chi connectivity index (χ3v) is 3.09. The van der Waals surface area contributed by atoms with Crippen molar-refractivity contribution in [3.8, 4) is 22.8 Å². The Kier molecular flexibility index (Phi) is 4.17. The maximum atomic E-state index is 5.88. The normalized spacial score (nSPS) is 10.8. The van der Waals surface area contributed by atoms with E-state index < -0.39 is 0 Å². The zero-order chi connectivity index (χ0) is 14.7. The van der Waals surface area contributed by atoms with Gasteiger partial charge in [0.1, 0.15) is 17.2 Å². The highest BCUT2D eigenvalue weighted by atomic mass is 16.5. The number of nitrogens with two attached hydrogens (primary N) is 1.